The minimum Gasteiger partial charge on any atom is -0.320 e. The van der Waals surface area contributed by atoms with Crippen molar-refractivity contribution >= 4 is 22.9 Å². The summed E-state index contributed by atoms with van der Waals surface area (Å²) in [5.41, 5.74) is 1.73. The molecule has 6 heteroatoms. The van der Waals surface area contributed by atoms with Gasteiger partial charge in [0.2, 0.25) is 0 Å². The normalized spacial score (nSPS) is 10.6. The molecular weight excluding hydrogens is 334 g/mol. The smallest absolute Gasteiger partial charge is 0.276 e. The van der Waals surface area contributed by atoms with Gasteiger partial charge in [0.15, 0.2) is 0 Å². The molecular formula is C19H19N3O2S. The first-order valence-electron chi connectivity index (χ1n) is 8.21. The van der Waals surface area contributed by atoms with Gasteiger partial charge in [0.05, 0.1) is 0 Å². The van der Waals surface area contributed by atoms with E-state index in [-0.39, 0.29) is 17.2 Å². The van der Waals surface area contributed by atoms with Gasteiger partial charge in [-0.3, -0.25) is 9.59 Å². The fourth-order valence-corrected chi connectivity index (χ4v) is 3.23. The summed E-state index contributed by atoms with van der Waals surface area (Å²) in [4.78, 5) is 25.5. The molecule has 0 radical (unpaired) electrons. The number of thiophene rings is 1. The number of aromatic nitrogens is 2. The summed E-state index contributed by atoms with van der Waals surface area (Å²) in [5, 5.41) is 9.10. The number of hydrogen-bond acceptors (Lipinski definition) is 4. The highest BCUT2D eigenvalue weighted by Crippen LogP contribution is 2.31. The third kappa shape index (κ3) is 4.03. The average Bonchev–Trinajstić information content (AvgIpc) is 3.16. The number of aryl methyl sites for hydroxylation is 1. The molecule has 0 aliphatic carbocycles. The van der Waals surface area contributed by atoms with Crippen LogP contribution in [-0.4, -0.2) is 15.7 Å². The monoisotopic (exact) mass is 353 g/mol. The fourth-order valence-electron chi connectivity index (χ4n) is 2.46. The Morgan fingerprint density at radius 3 is 2.76 bits per heavy atom. The van der Waals surface area contributed by atoms with Crippen molar-refractivity contribution in [2.75, 3.05) is 5.32 Å². The van der Waals surface area contributed by atoms with Crippen LogP contribution in [0.4, 0.5) is 5.69 Å². The van der Waals surface area contributed by atoms with Gasteiger partial charge in [-0.05, 0) is 30.0 Å². The van der Waals surface area contributed by atoms with E-state index in [9.17, 15) is 9.59 Å². The fraction of sp³-hybridized carbons (Fsp3) is 0.211. The summed E-state index contributed by atoms with van der Waals surface area (Å²) in [6.07, 6.45) is 1.80. The van der Waals surface area contributed by atoms with E-state index in [4.69, 9.17) is 0 Å². The molecule has 1 N–H and O–H groups in total. The maximum Gasteiger partial charge on any atom is 0.276 e. The van der Waals surface area contributed by atoms with Crippen LogP contribution in [0.1, 0.15) is 30.3 Å². The van der Waals surface area contributed by atoms with E-state index in [0.717, 1.165) is 29.0 Å². The van der Waals surface area contributed by atoms with Crippen LogP contribution in [0.5, 0.6) is 0 Å². The first-order chi connectivity index (χ1) is 12.2. The van der Waals surface area contributed by atoms with E-state index in [1.807, 2.05) is 48.7 Å². The molecule has 0 aliphatic rings. The van der Waals surface area contributed by atoms with Crippen molar-refractivity contribution in [3.05, 3.63) is 70.0 Å². The Morgan fingerprint density at radius 2 is 2.00 bits per heavy atom. The second-order valence-corrected chi connectivity index (χ2v) is 6.56. The van der Waals surface area contributed by atoms with Crippen LogP contribution < -0.4 is 10.9 Å². The van der Waals surface area contributed by atoms with Crippen LogP contribution in [0.2, 0.25) is 0 Å². The van der Waals surface area contributed by atoms with Gasteiger partial charge in [-0.1, -0.05) is 37.6 Å². The SMILES string of the molecule is CCCCn1nc(C(=O)Nc2ccccc2-c2cccs2)ccc1=O. The summed E-state index contributed by atoms with van der Waals surface area (Å²) in [6, 6.07) is 14.5. The van der Waals surface area contributed by atoms with E-state index < -0.39 is 0 Å². The van der Waals surface area contributed by atoms with E-state index in [0.29, 0.717) is 6.54 Å². The average molecular weight is 353 g/mol. The molecule has 0 bridgehead atoms. The number of para-hydroxylation sites is 1. The molecule has 25 heavy (non-hydrogen) atoms. The number of rotatable bonds is 6. The van der Waals surface area contributed by atoms with E-state index in [2.05, 4.69) is 10.4 Å². The molecule has 1 aromatic carbocycles. The molecule has 3 aromatic rings. The number of carbonyl (C=O) groups is 1. The molecule has 0 fully saturated rings. The van der Waals surface area contributed by atoms with E-state index >= 15 is 0 Å². The number of hydrogen-bond donors (Lipinski definition) is 1. The minimum atomic E-state index is -0.325. The summed E-state index contributed by atoms with van der Waals surface area (Å²) in [7, 11) is 0. The molecule has 0 aliphatic heterocycles. The molecule has 0 saturated carbocycles. The van der Waals surface area contributed by atoms with Crippen molar-refractivity contribution in [2.24, 2.45) is 0 Å². The Bertz CT molecular complexity index is 916. The lowest BCUT2D eigenvalue weighted by molar-refractivity contribution is 0.102. The molecule has 5 nitrogen and oxygen atoms in total. The predicted octanol–water partition coefficient (Wildman–Crippen LogP) is 4.02. The minimum absolute atomic E-state index is 0.191. The Morgan fingerprint density at radius 1 is 1.16 bits per heavy atom. The zero-order valence-electron chi connectivity index (χ0n) is 13.9. The number of unbranched alkanes of at least 4 members (excludes halogenated alkanes) is 1. The highest BCUT2D eigenvalue weighted by molar-refractivity contribution is 7.13. The van der Waals surface area contributed by atoms with Gasteiger partial charge in [0.25, 0.3) is 11.5 Å². The van der Waals surface area contributed by atoms with Crippen molar-refractivity contribution in [2.45, 2.75) is 26.3 Å². The number of amides is 1. The lowest BCUT2D eigenvalue weighted by Crippen LogP contribution is -2.26. The van der Waals surface area contributed by atoms with Gasteiger partial charge in [0.1, 0.15) is 5.69 Å². The van der Waals surface area contributed by atoms with Crippen LogP contribution in [0.3, 0.4) is 0 Å². The molecule has 1 amide bonds. The van der Waals surface area contributed by atoms with Crippen molar-refractivity contribution in [1.82, 2.24) is 9.78 Å². The number of anilines is 1. The van der Waals surface area contributed by atoms with E-state index in [1.165, 1.54) is 16.8 Å². The lowest BCUT2D eigenvalue weighted by atomic mass is 10.1. The third-order valence-electron chi connectivity index (χ3n) is 3.78. The summed E-state index contributed by atoms with van der Waals surface area (Å²) in [6.45, 7) is 2.56. The topological polar surface area (TPSA) is 64.0 Å². The molecule has 128 valence electrons. The Hall–Kier alpha value is -2.73. The van der Waals surface area contributed by atoms with Crippen LogP contribution in [0.25, 0.3) is 10.4 Å². The van der Waals surface area contributed by atoms with Crippen LogP contribution in [-0.2, 0) is 6.54 Å². The van der Waals surface area contributed by atoms with Gasteiger partial charge in [-0.15, -0.1) is 11.3 Å². The number of nitrogens with one attached hydrogen (secondary N) is 1. The van der Waals surface area contributed by atoms with Gasteiger partial charge in [-0.2, -0.15) is 5.10 Å². The molecule has 0 saturated heterocycles. The standard InChI is InChI=1S/C19H19N3O2S/c1-2-3-12-22-18(23)11-10-16(21-22)19(24)20-15-8-5-4-7-14(15)17-9-6-13-25-17/h4-11,13H,2-3,12H2,1H3,(H,20,24). The predicted molar refractivity (Wildman–Crippen MR) is 101 cm³/mol. The Kier molecular flexibility index (Phi) is 5.40. The highest BCUT2D eigenvalue weighted by Gasteiger charge is 2.13. The van der Waals surface area contributed by atoms with E-state index in [1.54, 1.807) is 11.3 Å². The Balaban J connectivity index is 1.85. The quantitative estimate of drug-likeness (QED) is 0.728. The summed E-state index contributed by atoms with van der Waals surface area (Å²) in [5.74, 6) is -0.325. The first kappa shape index (κ1) is 17.1. The molecule has 2 heterocycles. The molecule has 0 atom stereocenters. The van der Waals surface area contributed by atoms with Crippen molar-refractivity contribution in [1.29, 1.82) is 0 Å². The largest absolute Gasteiger partial charge is 0.320 e. The lowest BCUT2D eigenvalue weighted by Gasteiger charge is -2.10. The molecule has 0 unspecified atom stereocenters. The van der Waals surface area contributed by atoms with Crippen molar-refractivity contribution < 1.29 is 4.79 Å². The van der Waals surface area contributed by atoms with Crippen LogP contribution >= 0.6 is 11.3 Å². The van der Waals surface area contributed by atoms with Gasteiger partial charge in [0, 0.05) is 28.7 Å². The van der Waals surface area contributed by atoms with Crippen molar-refractivity contribution in [3.8, 4) is 10.4 Å². The number of nitrogens with zero attached hydrogens (tertiary/aromatic N) is 2. The zero-order chi connectivity index (χ0) is 17.6. The summed E-state index contributed by atoms with van der Waals surface area (Å²) < 4.78 is 1.35. The highest BCUT2D eigenvalue weighted by atomic mass is 32.1. The second kappa shape index (κ2) is 7.90. The van der Waals surface area contributed by atoms with Crippen LogP contribution in [0, 0.1) is 0 Å². The zero-order valence-corrected chi connectivity index (χ0v) is 14.8. The molecule has 0 spiro atoms. The van der Waals surface area contributed by atoms with Gasteiger partial charge < -0.3 is 5.32 Å². The number of carbonyl (C=O) groups excluding carboxylic acids is 1. The maximum atomic E-state index is 12.6. The van der Waals surface area contributed by atoms with Gasteiger partial charge in [-0.25, -0.2) is 4.68 Å². The maximum absolute atomic E-state index is 12.6. The summed E-state index contributed by atoms with van der Waals surface area (Å²) >= 11 is 1.61. The second-order valence-electron chi connectivity index (χ2n) is 5.61. The molecule has 2 aromatic heterocycles. The molecule has 3 rings (SSSR count). The van der Waals surface area contributed by atoms with Crippen molar-refractivity contribution in [3.63, 3.8) is 0 Å². The van der Waals surface area contributed by atoms with Crippen LogP contribution in [0.15, 0.2) is 58.7 Å². The number of benzene rings is 1. The Labute approximate surface area is 150 Å². The third-order valence-corrected chi connectivity index (χ3v) is 4.69. The first-order valence-corrected chi connectivity index (χ1v) is 9.09. The van der Waals surface area contributed by atoms with Gasteiger partial charge >= 0.3 is 0 Å².